The lowest BCUT2D eigenvalue weighted by Crippen LogP contribution is -2.28. The minimum atomic E-state index is -1.47. The molecule has 7 heteroatoms. The van der Waals surface area contributed by atoms with Crippen molar-refractivity contribution in [1.29, 1.82) is 0 Å². The van der Waals surface area contributed by atoms with Gasteiger partial charge in [-0.25, -0.2) is 14.4 Å². The average Bonchev–Trinajstić information content (AvgIpc) is 3.59. The van der Waals surface area contributed by atoms with E-state index in [9.17, 15) is 0 Å². The van der Waals surface area contributed by atoms with Crippen molar-refractivity contribution in [3.63, 3.8) is 0 Å². The van der Waals surface area contributed by atoms with Crippen LogP contribution in [0.2, 0.25) is 0 Å². The second-order valence-electron chi connectivity index (χ2n) is 8.27. The number of halogens is 1. The van der Waals surface area contributed by atoms with Gasteiger partial charge in [-0.15, -0.1) is 0 Å². The maximum absolute atomic E-state index is 16.0. The number of benzene rings is 2. The van der Waals surface area contributed by atoms with E-state index in [1.807, 2.05) is 35.2 Å². The summed E-state index contributed by atoms with van der Waals surface area (Å²) in [6, 6.07) is 11.1. The van der Waals surface area contributed by atoms with E-state index in [2.05, 4.69) is 0 Å². The summed E-state index contributed by atoms with van der Waals surface area (Å²) in [5.41, 5.74) is -0.0427. The van der Waals surface area contributed by atoms with Gasteiger partial charge in [-0.1, -0.05) is 12.1 Å². The molecule has 0 spiro atoms. The van der Waals surface area contributed by atoms with Crippen molar-refractivity contribution < 1.29 is 18.6 Å². The quantitative estimate of drug-likeness (QED) is 0.577. The van der Waals surface area contributed by atoms with Gasteiger partial charge in [0.2, 0.25) is 0 Å². The number of ether oxygens (including phenoxy) is 3. The molecule has 1 aliphatic carbocycles. The van der Waals surface area contributed by atoms with Gasteiger partial charge < -0.3 is 19.1 Å². The zero-order chi connectivity index (χ0) is 21.6. The van der Waals surface area contributed by atoms with Crippen LogP contribution in [0.5, 0.6) is 17.2 Å². The van der Waals surface area contributed by atoms with Gasteiger partial charge in [-0.05, 0) is 36.6 Å². The summed E-state index contributed by atoms with van der Waals surface area (Å²) in [7, 11) is 4.81. The van der Waals surface area contributed by atoms with E-state index in [1.54, 1.807) is 27.4 Å². The second-order valence-corrected chi connectivity index (χ2v) is 8.27. The predicted octanol–water partition coefficient (Wildman–Crippen LogP) is 4.61. The summed E-state index contributed by atoms with van der Waals surface area (Å²) in [5, 5.41) is 0.844. The number of alkyl halides is 1. The fourth-order valence-electron chi connectivity index (χ4n) is 4.31. The van der Waals surface area contributed by atoms with E-state index in [0.717, 1.165) is 35.4 Å². The van der Waals surface area contributed by atoms with Crippen LogP contribution in [0.3, 0.4) is 0 Å². The average molecular weight is 423 g/mol. The number of aromatic nitrogens is 2. The lowest BCUT2D eigenvalue weighted by Gasteiger charge is -2.24. The van der Waals surface area contributed by atoms with E-state index < -0.39 is 5.67 Å². The van der Waals surface area contributed by atoms with E-state index >= 15 is 4.39 Å². The molecule has 2 heterocycles. The van der Waals surface area contributed by atoms with E-state index in [1.165, 1.54) is 0 Å². The molecule has 0 radical (unpaired) electrons. The highest BCUT2D eigenvalue weighted by atomic mass is 19.1. The highest BCUT2D eigenvalue weighted by molar-refractivity contribution is 5.92. The van der Waals surface area contributed by atoms with Crippen molar-refractivity contribution in [1.82, 2.24) is 9.97 Å². The molecule has 1 saturated carbocycles. The highest BCUT2D eigenvalue weighted by Gasteiger charge is 2.41. The van der Waals surface area contributed by atoms with Gasteiger partial charge in [-0.3, -0.25) is 0 Å². The molecule has 31 heavy (non-hydrogen) atoms. The molecule has 5 rings (SSSR count). The summed E-state index contributed by atoms with van der Waals surface area (Å²) in [4.78, 5) is 11.7. The van der Waals surface area contributed by atoms with Crippen molar-refractivity contribution in [2.24, 2.45) is 0 Å². The summed E-state index contributed by atoms with van der Waals surface area (Å²) in [6.07, 6.45) is 2.57. The van der Waals surface area contributed by atoms with Crippen LogP contribution in [-0.4, -0.2) is 44.4 Å². The molecule has 0 amide bonds. The second kappa shape index (κ2) is 7.55. The fourth-order valence-corrected chi connectivity index (χ4v) is 4.31. The number of nitrogens with zero attached hydrogens (tertiary/aromatic N) is 3. The molecule has 2 fully saturated rings. The van der Waals surface area contributed by atoms with Crippen LogP contribution in [-0.2, 0) is 5.67 Å². The van der Waals surface area contributed by atoms with E-state index in [4.69, 9.17) is 24.2 Å². The third-order valence-electron chi connectivity index (χ3n) is 6.25. The van der Waals surface area contributed by atoms with Crippen LogP contribution >= 0.6 is 0 Å². The standard InChI is InChI=1S/C24H26FN3O3/c1-29-17-6-4-5-16(11-17)24(25)9-10-28(14-24)23-18-12-20(30-2)21(31-3)13-19(18)26-22(27-23)15-7-8-15/h4-6,11-13,15H,7-10,14H2,1-3H3. The van der Waals surface area contributed by atoms with Gasteiger partial charge in [-0.2, -0.15) is 0 Å². The molecular weight excluding hydrogens is 397 g/mol. The molecule has 162 valence electrons. The minimum Gasteiger partial charge on any atom is -0.497 e. The Balaban J connectivity index is 1.57. The maximum Gasteiger partial charge on any atom is 0.162 e. The van der Waals surface area contributed by atoms with Crippen molar-refractivity contribution in [3.05, 3.63) is 47.8 Å². The molecule has 2 aliphatic rings. The number of rotatable bonds is 6. The van der Waals surface area contributed by atoms with Crippen molar-refractivity contribution in [2.75, 3.05) is 39.3 Å². The summed E-state index contributed by atoms with van der Waals surface area (Å²) in [6.45, 7) is 0.795. The molecule has 6 nitrogen and oxygen atoms in total. The Morgan fingerprint density at radius 2 is 1.77 bits per heavy atom. The van der Waals surface area contributed by atoms with Crippen molar-refractivity contribution in [2.45, 2.75) is 30.8 Å². The van der Waals surface area contributed by atoms with Gasteiger partial charge in [0.05, 0.1) is 33.4 Å². The summed E-state index contributed by atoms with van der Waals surface area (Å²) < 4.78 is 32.3. The number of fused-ring (bicyclic) bond motifs is 1. The van der Waals surface area contributed by atoms with E-state index in [-0.39, 0.29) is 6.54 Å². The zero-order valence-electron chi connectivity index (χ0n) is 18.0. The SMILES string of the molecule is COc1cccc(C2(F)CCN(c3nc(C4CC4)nc4cc(OC)c(OC)cc34)C2)c1. The lowest BCUT2D eigenvalue weighted by molar-refractivity contribution is 0.195. The fraction of sp³-hybridized carbons (Fsp3) is 0.417. The number of hydrogen-bond donors (Lipinski definition) is 0. The Hall–Kier alpha value is -3.09. The molecule has 3 aromatic rings. The smallest absolute Gasteiger partial charge is 0.162 e. The molecule has 1 unspecified atom stereocenters. The largest absolute Gasteiger partial charge is 0.497 e. The van der Waals surface area contributed by atoms with Crippen LogP contribution in [0.4, 0.5) is 10.2 Å². The molecule has 2 aromatic carbocycles. The molecule has 0 bridgehead atoms. The first kappa shape index (κ1) is 19.8. The Kier molecular flexibility index (Phi) is 4.84. The van der Waals surface area contributed by atoms with Crippen molar-refractivity contribution >= 4 is 16.7 Å². The van der Waals surface area contributed by atoms with Crippen LogP contribution < -0.4 is 19.1 Å². The van der Waals surface area contributed by atoms with Crippen LogP contribution in [0.15, 0.2) is 36.4 Å². The van der Waals surface area contributed by atoms with Crippen molar-refractivity contribution in [3.8, 4) is 17.2 Å². The van der Waals surface area contributed by atoms with Gasteiger partial charge in [0.1, 0.15) is 17.4 Å². The Labute approximate surface area is 181 Å². The number of anilines is 1. The lowest BCUT2D eigenvalue weighted by atomic mass is 9.95. The van der Waals surface area contributed by atoms with Crippen LogP contribution in [0.1, 0.15) is 36.6 Å². The molecule has 1 atom stereocenters. The predicted molar refractivity (Wildman–Crippen MR) is 117 cm³/mol. The Bertz CT molecular complexity index is 1130. The third kappa shape index (κ3) is 3.52. The van der Waals surface area contributed by atoms with E-state index in [0.29, 0.717) is 41.7 Å². The Morgan fingerprint density at radius 1 is 1.00 bits per heavy atom. The molecule has 1 saturated heterocycles. The van der Waals surface area contributed by atoms with Crippen LogP contribution in [0, 0.1) is 0 Å². The summed E-state index contributed by atoms with van der Waals surface area (Å²) in [5.74, 6) is 3.86. The first-order valence-corrected chi connectivity index (χ1v) is 10.6. The zero-order valence-corrected chi connectivity index (χ0v) is 18.0. The highest BCUT2D eigenvalue weighted by Crippen LogP contribution is 2.44. The first-order valence-electron chi connectivity index (χ1n) is 10.6. The molecular formula is C24H26FN3O3. The van der Waals surface area contributed by atoms with Crippen LogP contribution in [0.25, 0.3) is 10.9 Å². The monoisotopic (exact) mass is 423 g/mol. The topological polar surface area (TPSA) is 56.7 Å². The number of hydrogen-bond acceptors (Lipinski definition) is 6. The summed E-state index contributed by atoms with van der Waals surface area (Å²) >= 11 is 0. The molecule has 1 aromatic heterocycles. The normalized spacial score (nSPS) is 20.8. The maximum atomic E-state index is 16.0. The third-order valence-corrected chi connectivity index (χ3v) is 6.25. The molecule has 1 aliphatic heterocycles. The first-order chi connectivity index (χ1) is 15.0. The van der Waals surface area contributed by atoms with Gasteiger partial charge in [0, 0.05) is 30.3 Å². The van der Waals surface area contributed by atoms with Gasteiger partial charge >= 0.3 is 0 Å². The minimum absolute atomic E-state index is 0.227. The van der Waals surface area contributed by atoms with Gasteiger partial charge in [0.25, 0.3) is 0 Å². The Morgan fingerprint density at radius 3 is 2.48 bits per heavy atom. The number of methoxy groups -OCH3 is 3. The molecule has 0 N–H and O–H groups in total. The van der Waals surface area contributed by atoms with Gasteiger partial charge in [0.15, 0.2) is 17.2 Å².